The van der Waals surface area contributed by atoms with E-state index in [1.807, 2.05) is 0 Å². The fraction of sp³-hybridized carbons (Fsp3) is 1.00. The van der Waals surface area contributed by atoms with Crippen LogP contribution in [0.4, 0.5) is 0 Å². The highest BCUT2D eigenvalue weighted by atomic mass is 15.1. The van der Waals surface area contributed by atoms with Crippen molar-refractivity contribution >= 4 is 0 Å². The third kappa shape index (κ3) is 3.96. The number of nitrogens with zero attached hydrogens (tertiary/aromatic N) is 1. The van der Waals surface area contributed by atoms with Gasteiger partial charge in [-0.05, 0) is 64.5 Å². The van der Waals surface area contributed by atoms with Gasteiger partial charge in [0.15, 0.2) is 0 Å². The molecule has 2 aliphatic rings. The Morgan fingerprint density at radius 2 is 1.56 bits per heavy atom. The Bertz CT molecular complexity index is 225. The minimum absolute atomic E-state index is 0.783. The van der Waals surface area contributed by atoms with Crippen LogP contribution in [0.2, 0.25) is 0 Å². The van der Waals surface area contributed by atoms with E-state index in [1.165, 1.54) is 57.9 Å². The predicted molar refractivity (Wildman–Crippen MR) is 78.9 cm³/mol. The van der Waals surface area contributed by atoms with Gasteiger partial charge in [0.05, 0.1) is 0 Å². The maximum atomic E-state index is 3.43. The third-order valence-electron chi connectivity index (χ3n) is 5.41. The van der Waals surface area contributed by atoms with Gasteiger partial charge in [-0.25, -0.2) is 0 Å². The van der Waals surface area contributed by atoms with Crippen LogP contribution in [0.25, 0.3) is 0 Å². The van der Waals surface area contributed by atoms with Gasteiger partial charge in [0.2, 0.25) is 0 Å². The molecular formula is C16H32N2. The molecule has 18 heavy (non-hydrogen) atoms. The Morgan fingerprint density at radius 3 is 2.11 bits per heavy atom. The lowest BCUT2D eigenvalue weighted by Gasteiger charge is -2.37. The zero-order valence-electron chi connectivity index (χ0n) is 12.6. The van der Waals surface area contributed by atoms with E-state index in [0.717, 1.165) is 23.9 Å². The predicted octanol–water partition coefficient (Wildman–Crippen LogP) is 3.28. The standard InChI is InChI=1S/C16H32N2/c1-13-4-6-14(7-5-13)12-18(3)16-10-8-15(17-2)9-11-16/h13-17H,4-12H2,1-3H3. The molecule has 2 rings (SSSR count). The molecule has 0 spiro atoms. The van der Waals surface area contributed by atoms with Crippen molar-refractivity contribution in [3.05, 3.63) is 0 Å². The summed E-state index contributed by atoms with van der Waals surface area (Å²) in [7, 11) is 4.47. The molecule has 0 radical (unpaired) electrons. The highest BCUT2D eigenvalue weighted by Crippen LogP contribution is 2.30. The highest BCUT2D eigenvalue weighted by molar-refractivity contribution is 4.82. The second kappa shape index (κ2) is 6.91. The first-order chi connectivity index (χ1) is 8.69. The SMILES string of the molecule is CNC1CCC(N(C)CC2CCC(C)CC2)CC1. The van der Waals surface area contributed by atoms with Gasteiger partial charge >= 0.3 is 0 Å². The van der Waals surface area contributed by atoms with E-state index in [-0.39, 0.29) is 0 Å². The largest absolute Gasteiger partial charge is 0.317 e. The molecular weight excluding hydrogens is 220 g/mol. The van der Waals surface area contributed by atoms with Crippen LogP contribution in [0.3, 0.4) is 0 Å². The van der Waals surface area contributed by atoms with Gasteiger partial charge in [-0.3, -0.25) is 0 Å². The lowest BCUT2D eigenvalue weighted by molar-refractivity contribution is 0.134. The summed E-state index contributed by atoms with van der Waals surface area (Å²) in [6.07, 6.45) is 11.4. The van der Waals surface area contributed by atoms with Crippen LogP contribution < -0.4 is 5.32 Å². The number of hydrogen-bond acceptors (Lipinski definition) is 2. The molecule has 2 saturated carbocycles. The average Bonchev–Trinajstić information content (AvgIpc) is 2.41. The minimum Gasteiger partial charge on any atom is -0.317 e. The molecule has 0 atom stereocenters. The lowest BCUT2D eigenvalue weighted by Crippen LogP contribution is -2.42. The van der Waals surface area contributed by atoms with Crippen LogP contribution in [0, 0.1) is 11.8 Å². The summed E-state index contributed by atoms with van der Waals surface area (Å²) in [5.74, 6) is 1.96. The van der Waals surface area contributed by atoms with Gasteiger partial charge in [-0.1, -0.05) is 19.8 Å². The van der Waals surface area contributed by atoms with E-state index >= 15 is 0 Å². The van der Waals surface area contributed by atoms with E-state index in [9.17, 15) is 0 Å². The maximum absolute atomic E-state index is 3.43. The van der Waals surface area contributed by atoms with E-state index < -0.39 is 0 Å². The second-order valence-electron chi connectivity index (χ2n) is 6.86. The first-order valence-electron chi connectivity index (χ1n) is 8.06. The maximum Gasteiger partial charge on any atom is 0.00934 e. The van der Waals surface area contributed by atoms with E-state index in [2.05, 4.69) is 31.2 Å². The van der Waals surface area contributed by atoms with Crippen molar-refractivity contribution in [2.45, 2.75) is 70.4 Å². The molecule has 0 saturated heterocycles. The van der Waals surface area contributed by atoms with Gasteiger partial charge < -0.3 is 10.2 Å². The summed E-state index contributed by atoms with van der Waals surface area (Å²) in [4.78, 5) is 2.67. The van der Waals surface area contributed by atoms with Crippen molar-refractivity contribution in [1.82, 2.24) is 10.2 Å². The summed E-state index contributed by atoms with van der Waals surface area (Å²) < 4.78 is 0. The Kier molecular flexibility index (Phi) is 5.50. The van der Waals surface area contributed by atoms with Gasteiger partial charge in [-0.2, -0.15) is 0 Å². The first-order valence-corrected chi connectivity index (χ1v) is 8.06. The molecule has 0 amide bonds. The van der Waals surface area contributed by atoms with E-state index in [1.54, 1.807) is 0 Å². The molecule has 2 heteroatoms. The zero-order chi connectivity index (χ0) is 13.0. The Morgan fingerprint density at radius 1 is 0.944 bits per heavy atom. The molecule has 2 aliphatic carbocycles. The number of rotatable bonds is 4. The third-order valence-corrected chi connectivity index (χ3v) is 5.41. The van der Waals surface area contributed by atoms with Crippen molar-refractivity contribution in [3.8, 4) is 0 Å². The van der Waals surface area contributed by atoms with Crippen molar-refractivity contribution in [2.75, 3.05) is 20.6 Å². The molecule has 106 valence electrons. The van der Waals surface area contributed by atoms with Gasteiger partial charge in [0.25, 0.3) is 0 Å². The quantitative estimate of drug-likeness (QED) is 0.826. The molecule has 0 aromatic carbocycles. The highest BCUT2D eigenvalue weighted by Gasteiger charge is 2.26. The summed E-state index contributed by atoms with van der Waals surface area (Å²) in [6, 6.07) is 1.64. The topological polar surface area (TPSA) is 15.3 Å². The Labute approximate surface area is 114 Å². The van der Waals surface area contributed by atoms with Gasteiger partial charge in [0.1, 0.15) is 0 Å². The van der Waals surface area contributed by atoms with Crippen LogP contribution in [-0.2, 0) is 0 Å². The fourth-order valence-electron chi connectivity index (χ4n) is 3.87. The van der Waals surface area contributed by atoms with Gasteiger partial charge in [0, 0.05) is 18.6 Å². The zero-order valence-corrected chi connectivity index (χ0v) is 12.6. The summed E-state index contributed by atoms with van der Waals surface area (Å²) in [5.41, 5.74) is 0. The van der Waals surface area contributed by atoms with Crippen molar-refractivity contribution in [2.24, 2.45) is 11.8 Å². The summed E-state index contributed by atoms with van der Waals surface area (Å²) >= 11 is 0. The second-order valence-corrected chi connectivity index (χ2v) is 6.86. The van der Waals surface area contributed by atoms with Crippen molar-refractivity contribution < 1.29 is 0 Å². The van der Waals surface area contributed by atoms with Crippen molar-refractivity contribution in [1.29, 1.82) is 0 Å². The molecule has 2 nitrogen and oxygen atoms in total. The normalized spacial score (nSPS) is 38.0. The minimum atomic E-state index is 0.783. The molecule has 2 fully saturated rings. The molecule has 0 unspecified atom stereocenters. The smallest absolute Gasteiger partial charge is 0.00934 e. The lowest BCUT2D eigenvalue weighted by atomic mass is 9.82. The molecule has 0 bridgehead atoms. The van der Waals surface area contributed by atoms with E-state index in [0.29, 0.717) is 0 Å². The molecule has 0 aromatic heterocycles. The first kappa shape index (κ1) is 14.3. The Balaban J connectivity index is 1.70. The van der Waals surface area contributed by atoms with Crippen LogP contribution in [-0.4, -0.2) is 37.6 Å². The van der Waals surface area contributed by atoms with Crippen LogP contribution in [0.1, 0.15) is 58.3 Å². The Hall–Kier alpha value is -0.0800. The van der Waals surface area contributed by atoms with Crippen LogP contribution in [0.5, 0.6) is 0 Å². The monoisotopic (exact) mass is 252 g/mol. The molecule has 0 aromatic rings. The summed E-state index contributed by atoms with van der Waals surface area (Å²) in [5, 5.41) is 3.43. The van der Waals surface area contributed by atoms with Crippen molar-refractivity contribution in [3.63, 3.8) is 0 Å². The molecule has 0 heterocycles. The fourth-order valence-corrected chi connectivity index (χ4v) is 3.87. The number of hydrogen-bond donors (Lipinski definition) is 1. The van der Waals surface area contributed by atoms with Gasteiger partial charge in [-0.15, -0.1) is 0 Å². The molecule has 1 N–H and O–H groups in total. The van der Waals surface area contributed by atoms with Crippen LogP contribution in [0.15, 0.2) is 0 Å². The molecule has 0 aliphatic heterocycles. The average molecular weight is 252 g/mol. The summed E-state index contributed by atoms with van der Waals surface area (Å²) in [6.45, 7) is 3.76. The number of nitrogens with one attached hydrogen (secondary N) is 1. The van der Waals surface area contributed by atoms with Crippen LogP contribution >= 0.6 is 0 Å². The van der Waals surface area contributed by atoms with E-state index in [4.69, 9.17) is 0 Å².